The van der Waals surface area contributed by atoms with Crippen LogP contribution in [0.1, 0.15) is 45.9 Å². The highest BCUT2D eigenvalue weighted by molar-refractivity contribution is 6.32. The molecule has 2 N–H and O–H groups in total. The van der Waals surface area contributed by atoms with Crippen molar-refractivity contribution in [1.82, 2.24) is 19.8 Å². The summed E-state index contributed by atoms with van der Waals surface area (Å²) in [6.07, 6.45) is 8.10. The molecule has 2 saturated heterocycles. The molecule has 2 aliphatic heterocycles. The average molecular weight is 479 g/mol. The Balaban J connectivity index is 1.24. The predicted molar refractivity (Wildman–Crippen MR) is 129 cm³/mol. The molecule has 2 aromatic carbocycles. The zero-order chi connectivity index (χ0) is 23.7. The number of hydrogen-bond acceptors (Lipinski definition) is 6. The van der Waals surface area contributed by atoms with Crippen LogP contribution in [0.4, 0.5) is 0 Å². The average Bonchev–Trinajstić information content (AvgIpc) is 3.30. The SMILES string of the molecule is O=C(c1cc(Cl)c(O)cc1O)N1CCCC1c1cccc(CN2CC(Cc3cncnc3)C2)c1. The van der Waals surface area contributed by atoms with E-state index in [-0.39, 0.29) is 34.0 Å². The van der Waals surface area contributed by atoms with E-state index >= 15 is 0 Å². The lowest BCUT2D eigenvalue weighted by Crippen LogP contribution is -2.46. The summed E-state index contributed by atoms with van der Waals surface area (Å²) in [4.78, 5) is 25.6. The third-order valence-electron chi connectivity index (χ3n) is 6.72. The molecule has 34 heavy (non-hydrogen) atoms. The lowest BCUT2D eigenvalue weighted by atomic mass is 9.92. The van der Waals surface area contributed by atoms with E-state index in [0.717, 1.165) is 50.5 Å². The van der Waals surface area contributed by atoms with Gasteiger partial charge >= 0.3 is 0 Å². The maximum absolute atomic E-state index is 13.2. The fourth-order valence-electron chi connectivity index (χ4n) is 5.09. The summed E-state index contributed by atoms with van der Waals surface area (Å²) >= 11 is 5.99. The van der Waals surface area contributed by atoms with Gasteiger partial charge in [-0.25, -0.2) is 9.97 Å². The number of aromatic hydroxyl groups is 2. The first-order valence-electron chi connectivity index (χ1n) is 11.6. The van der Waals surface area contributed by atoms with E-state index in [0.29, 0.717) is 12.5 Å². The van der Waals surface area contributed by atoms with Crippen LogP contribution < -0.4 is 0 Å². The lowest BCUT2D eigenvalue weighted by Gasteiger charge is -2.39. The largest absolute Gasteiger partial charge is 0.507 e. The topological polar surface area (TPSA) is 89.8 Å². The Kier molecular flexibility index (Phi) is 6.39. The summed E-state index contributed by atoms with van der Waals surface area (Å²) in [7, 11) is 0. The van der Waals surface area contributed by atoms with Gasteiger partial charge in [-0.05, 0) is 47.9 Å². The third kappa shape index (κ3) is 4.72. The highest BCUT2D eigenvalue weighted by atomic mass is 35.5. The van der Waals surface area contributed by atoms with E-state index in [9.17, 15) is 15.0 Å². The Labute approximate surface area is 203 Å². The molecule has 8 heteroatoms. The molecule has 3 aromatic rings. The standard InChI is InChI=1S/C26H27ClN4O3/c27-22-9-21(24(32)10-25(22)33)26(34)31-6-2-5-23(31)20-4-1-3-17(8-20)13-30-14-19(15-30)7-18-11-28-16-29-12-18/h1,3-4,8-12,16,19,23,32-33H,2,5-7,13-15H2. The van der Waals surface area contributed by atoms with Gasteiger partial charge in [0.25, 0.3) is 5.91 Å². The predicted octanol–water partition coefficient (Wildman–Crippen LogP) is 4.19. The number of phenolic OH excluding ortho intramolecular Hbond substituents is 2. The van der Waals surface area contributed by atoms with Crippen LogP contribution in [0.3, 0.4) is 0 Å². The molecule has 3 heterocycles. The highest BCUT2D eigenvalue weighted by Gasteiger charge is 2.33. The zero-order valence-electron chi connectivity index (χ0n) is 18.8. The molecule has 1 aromatic heterocycles. The summed E-state index contributed by atoms with van der Waals surface area (Å²) in [6.45, 7) is 3.59. The number of benzene rings is 2. The second kappa shape index (κ2) is 9.60. The van der Waals surface area contributed by atoms with E-state index in [4.69, 9.17) is 11.6 Å². The van der Waals surface area contributed by atoms with Gasteiger partial charge in [0.2, 0.25) is 0 Å². The molecule has 1 atom stereocenters. The van der Waals surface area contributed by atoms with Gasteiger partial charge in [-0.2, -0.15) is 0 Å². The molecule has 0 bridgehead atoms. The fourth-order valence-corrected chi connectivity index (χ4v) is 5.26. The minimum Gasteiger partial charge on any atom is -0.507 e. The lowest BCUT2D eigenvalue weighted by molar-refractivity contribution is 0.0732. The number of carbonyl (C=O) groups excluding carboxylic acids is 1. The molecule has 7 nitrogen and oxygen atoms in total. The molecule has 1 unspecified atom stereocenters. The van der Waals surface area contributed by atoms with Crippen molar-refractivity contribution >= 4 is 17.5 Å². The Morgan fingerprint density at radius 3 is 2.65 bits per heavy atom. The number of amides is 1. The minimum atomic E-state index is -0.275. The van der Waals surface area contributed by atoms with Crippen LogP contribution in [0.15, 0.2) is 55.1 Å². The van der Waals surface area contributed by atoms with Crippen LogP contribution in [0, 0.1) is 5.92 Å². The molecule has 0 saturated carbocycles. The van der Waals surface area contributed by atoms with E-state index in [1.54, 1.807) is 11.2 Å². The highest BCUT2D eigenvalue weighted by Crippen LogP contribution is 2.37. The summed E-state index contributed by atoms with van der Waals surface area (Å²) in [5.74, 6) is -0.155. The summed E-state index contributed by atoms with van der Waals surface area (Å²) in [6, 6.07) is 10.8. The summed E-state index contributed by atoms with van der Waals surface area (Å²) in [5, 5.41) is 20.0. The monoisotopic (exact) mass is 478 g/mol. The quantitative estimate of drug-likeness (QED) is 0.552. The molecule has 0 aliphatic carbocycles. The van der Waals surface area contributed by atoms with Crippen LogP contribution >= 0.6 is 11.6 Å². The van der Waals surface area contributed by atoms with Gasteiger partial charge in [0, 0.05) is 44.6 Å². The van der Waals surface area contributed by atoms with E-state index in [2.05, 4.69) is 39.1 Å². The third-order valence-corrected chi connectivity index (χ3v) is 7.03. The Bertz CT molecular complexity index is 1180. The van der Waals surface area contributed by atoms with Gasteiger partial charge in [-0.3, -0.25) is 9.69 Å². The first-order valence-corrected chi connectivity index (χ1v) is 11.9. The first-order chi connectivity index (χ1) is 16.5. The molecule has 5 rings (SSSR count). The molecular formula is C26H27ClN4O3. The molecule has 2 aliphatic rings. The van der Waals surface area contributed by atoms with Crippen LogP contribution in [0.25, 0.3) is 0 Å². The number of likely N-dealkylation sites (tertiary alicyclic amines) is 2. The van der Waals surface area contributed by atoms with Crippen LogP contribution in [0.2, 0.25) is 5.02 Å². The number of aromatic nitrogens is 2. The second-order valence-corrected chi connectivity index (χ2v) is 9.64. The Morgan fingerprint density at radius 1 is 1.06 bits per heavy atom. The van der Waals surface area contributed by atoms with Crippen LogP contribution in [0.5, 0.6) is 11.5 Å². The van der Waals surface area contributed by atoms with Gasteiger partial charge in [-0.15, -0.1) is 0 Å². The van der Waals surface area contributed by atoms with Crippen molar-refractivity contribution in [2.45, 2.75) is 31.8 Å². The fraction of sp³-hybridized carbons (Fsp3) is 0.346. The van der Waals surface area contributed by atoms with Crippen molar-refractivity contribution in [2.24, 2.45) is 5.92 Å². The maximum atomic E-state index is 13.2. The van der Waals surface area contributed by atoms with Crippen molar-refractivity contribution in [3.63, 3.8) is 0 Å². The van der Waals surface area contributed by atoms with Gasteiger partial charge < -0.3 is 15.1 Å². The smallest absolute Gasteiger partial charge is 0.258 e. The number of phenols is 2. The van der Waals surface area contributed by atoms with Crippen molar-refractivity contribution in [1.29, 1.82) is 0 Å². The van der Waals surface area contributed by atoms with E-state index < -0.39 is 0 Å². The summed E-state index contributed by atoms with van der Waals surface area (Å²) < 4.78 is 0. The van der Waals surface area contributed by atoms with E-state index in [1.807, 2.05) is 12.4 Å². The van der Waals surface area contributed by atoms with Gasteiger partial charge in [0.05, 0.1) is 16.6 Å². The zero-order valence-corrected chi connectivity index (χ0v) is 19.5. The number of hydrogen-bond donors (Lipinski definition) is 2. The van der Waals surface area contributed by atoms with E-state index in [1.165, 1.54) is 17.2 Å². The van der Waals surface area contributed by atoms with Gasteiger partial charge in [0.15, 0.2) is 0 Å². The molecular weight excluding hydrogens is 452 g/mol. The molecule has 1 amide bonds. The van der Waals surface area contributed by atoms with Crippen LogP contribution in [-0.4, -0.2) is 55.5 Å². The number of halogens is 1. The van der Waals surface area contributed by atoms with Crippen LogP contribution in [-0.2, 0) is 13.0 Å². The summed E-state index contributed by atoms with van der Waals surface area (Å²) in [5.41, 5.74) is 3.63. The normalized spacial score (nSPS) is 18.7. The Morgan fingerprint density at radius 2 is 1.85 bits per heavy atom. The molecule has 0 spiro atoms. The molecule has 0 radical (unpaired) electrons. The van der Waals surface area contributed by atoms with Crippen molar-refractivity contribution in [3.8, 4) is 11.5 Å². The van der Waals surface area contributed by atoms with Gasteiger partial charge in [-0.1, -0.05) is 35.9 Å². The molecule has 176 valence electrons. The number of carbonyl (C=O) groups is 1. The Hall–Kier alpha value is -3.16. The van der Waals surface area contributed by atoms with Crippen molar-refractivity contribution < 1.29 is 15.0 Å². The second-order valence-electron chi connectivity index (χ2n) is 9.23. The minimum absolute atomic E-state index is 0.0477. The maximum Gasteiger partial charge on any atom is 0.258 e. The van der Waals surface area contributed by atoms with Crippen molar-refractivity contribution in [3.05, 3.63) is 82.4 Å². The van der Waals surface area contributed by atoms with Crippen molar-refractivity contribution in [2.75, 3.05) is 19.6 Å². The number of nitrogens with zero attached hydrogens (tertiary/aromatic N) is 4. The molecule has 2 fully saturated rings. The number of rotatable bonds is 6. The first kappa shape index (κ1) is 22.6. The van der Waals surface area contributed by atoms with Gasteiger partial charge in [0.1, 0.15) is 17.8 Å².